The summed E-state index contributed by atoms with van der Waals surface area (Å²) >= 11 is 0. The van der Waals surface area contributed by atoms with Crippen LogP contribution in [0.25, 0.3) is 16.9 Å². The Balaban J connectivity index is 1.73. The van der Waals surface area contributed by atoms with E-state index in [1.165, 1.54) is 0 Å². The van der Waals surface area contributed by atoms with E-state index >= 15 is 0 Å². The fraction of sp³-hybridized carbons (Fsp3) is 0.238. The third-order valence-electron chi connectivity index (χ3n) is 3.95. The molecule has 0 bridgehead atoms. The summed E-state index contributed by atoms with van der Waals surface area (Å²) in [5.41, 5.74) is 8.38. The Morgan fingerprint density at radius 1 is 1.14 bits per heavy atom. The first-order valence-electron chi connectivity index (χ1n) is 9.06. The number of benzene rings is 1. The molecule has 0 spiro atoms. The standard InChI is InChI=1S/C21H23N5O3/c1-21(2,3)29-19(28)10-18(27)24-15-8-9-17-25-16(12-26(17)11-15)13-4-6-14(7-5-13)20(22)23/h4-9,11-12H,10H2,1-3H3,(H3,22,23)(H,24,27). The molecule has 1 amide bonds. The lowest BCUT2D eigenvalue weighted by molar-refractivity contribution is -0.155. The van der Waals surface area contributed by atoms with Crippen molar-refractivity contribution in [1.82, 2.24) is 9.38 Å². The topological polar surface area (TPSA) is 123 Å². The van der Waals surface area contributed by atoms with Crippen molar-refractivity contribution in [3.63, 3.8) is 0 Å². The summed E-state index contributed by atoms with van der Waals surface area (Å²) in [4.78, 5) is 28.4. The van der Waals surface area contributed by atoms with E-state index in [0.29, 0.717) is 16.9 Å². The summed E-state index contributed by atoms with van der Waals surface area (Å²) in [5.74, 6) is -1.01. The Morgan fingerprint density at radius 2 is 1.83 bits per heavy atom. The number of aromatic nitrogens is 2. The molecule has 4 N–H and O–H groups in total. The third kappa shape index (κ3) is 5.19. The van der Waals surface area contributed by atoms with Crippen LogP contribution in [0.1, 0.15) is 32.8 Å². The van der Waals surface area contributed by atoms with Crippen LogP contribution in [0.4, 0.5) is 5.69 Å². The van der Waals surface area contributed by atoms with Gasteiger partial charge in [-0.3, -0.25) is 15.0 Å². The van der Waals surface area contributed by atoms with Crippen molar-refractivity contribution in [3.8, 4) is 11.3 Å². The van der Waals surface area contributed by atoms with Gasteiger partial charge in [-0.05, 0) is 32.9 Å². The van der Waals surface area contributed by atoms with Gasteiger partial charge in [-0.1, -0.05) is 24.3 Å². The van der Waals surface area contributed by atoms with Gasteiger partial charge in [-0.2, -0.15) is 0 Å². The predicted molar refractivity (Wildman–Crippen MR) is 111 cm³/mol. The highest BCUT2D eigenvalue weighted by Gasteiger charge is 2.19. The molecule has 3 aromatic rings. The number of esters is 1. The lowest BCUT2D eigenvalue weighted by Crippen LogP contribution is -2.27. The number of imidazole rings is 1. The van der Waals surface area contributed by atoms with Crippen LogP contribution in [0.5, 0.6) is 0 Å². The fourth-order valence-electron chi connectivity index (χ4n) is 2.74. The maximum Gasteiger partial charge on any atom is 0.315 e. The summed E-state index contributed by atoms with van der Waals surface area (Å²) < 4.78 is 6.94. The number of hydrogen-bond donors (Lipinski definition) is 3. The SMILES string of the molecule is CC(C)(C)OC(=O)CC(=O)Nc1ccc2nc(-c3ccc(C(=N)N)cc3)cn2c1. The van der Waals surface area contributed by atoms with Gasteiger partial charge in [0.05, 0.1) is 11.4 Å². The number of fused-ring (bicyclic) bond motifs is 1. The third-order valence-corrected chi connectivity index (χ3v) is 3.95. The van der Waals surface area contributed by atoms with E-state index in [4.69, 9.17) is 15.9 Å². The molecule has 150 valence electrons. The smallest absolute Gasteiger partial charge is 0.315 e. The van der Waals surface area contributed by atoms with Gasteiger partial charge in [-0.25, -0.2) is 4.98 Å². The number of pyridine rings is 1. The molecule has 0 fully saturated rings. The van der Waals surface area contributed by atoms with Crippen LogP contribution in [0, 0.1) is 5.41 Å². The van der Waals surface area contributed by atoms with Gasteiger partial charge in [-0.15, -0.1) is 0 Å². The molecule has 8 nitrogen and oxygen atoms in total. The van der Waals surface area contributed by atoms with Crippen molar-refractivity contribution in [3.05, 3.63) is 54.4 Å². The highest BCUT2D eigenvalue weighted by molar-refractivity contribution is 6.02. The van der Waals surface area contributed by atoms with E-state index in [-0.39, 0.29) is 12.3 Å². The Kier molecular flexibility index (Phi) is 5.36. The molecular weight excluding hydrogens is 370 g/mol. The van der Waals surface area contributed by atoms with Gasteiger partial charge >= 0.3 is 5.97 Å². The average molecular weight is 393 g/mol. The molecule has 8 heteroatoms. The Hall–Kier alpha value is -3.68. The second-order valence-electron chi connectivity index (χ2n) is 7.61. The molecule has 0 aliphatic carbocycles. The van der Waals surface area contributed by atoms with Gasteiger partial charge in [0.1, 0.15) is 23.5 Å². The minimum Gasteiger partial charge on any atom is -0.460 e. The number of nitrogens with one attached hydrogen (secondary N) is 2. The molecule has 1 aromatic carbocycles. The minimum absolute atomic E-state index is 0.0123. The van der Waals surface area contributed by atoms with Crippen LogP contribution in [-0.2, 0) is 14.3 Å². The second-order valence-corrected chi connectivity index (χ2v) is 7.61. The van der Waals surface area contributed by atoms with E-state index < -0.39 is 17.5 Å². The van der Waals surface area contributed by atoms with Crippen molar-refractivity contribution < 1.29 is 14.3 Å². The van der Waals surface area contributed by atoms with Crippen LogP contribution in [-0.4, -0.2) is 32.7 Å². The van der Waals surface area contributed by atoms with E-state index in [1.54, 1.807) is 55.6 Å². The Labute approximate surface area is 168 Å². The van der Waals surface area contributed by atoms with Crippen molar-refractivity contribution in [2.45, 2.75) is 32.8 Å². The zero-order valence-electron chi connectivity index (χ0n) is 16.5. The first kappa shape index (κ1) is 20.1. The number of carbonyl (C=O) groups excluding carboxylic acids is 2. The molecule has 2 heterocycles. The molecule has 0 atom stereocenters. The molecule has 0 saturated carbocycles. The van der Waals surface area contributed by atoms with Crippen LogP contribution in [0.2, 0.25) is 0 Å². The number of nitrogens with zero attached hydrogens (tertiary/aromatic N) is 2. The quantitative estimate of drug-likeness (QED) is 0.266. The average Bonchev–Trinajstić information content (AvgIpc) is 3.03. The normalized spacial score (nSPS) is 11.3. The molecule has 0 aliphatic heterocycles. The van der Waals surface area contributed by atoms with Gasteiger partial charge in [0.2, 0.25) is 5.91 Å². The number of carbonyl (C=O) groups is 2. The summed E-state index contributed by atoms with van der Waals surface area (Å²) in [6.45, 7) is 5.25. The molecular formula is C21H23N5O3. The summed E-state index contributed by atoms with van der Waals surface area (Å²) in [6.07, 6.45) is 3.21. The van der Waals surface area contributed by atoms with E-state index in [2.05, 4.69) is 10.3 Å². The molecule has 0 unspecified atom stereocenters. The Morgan fingerprint density at radius 3 is 2.45 bits per heavy atom. The number of amides is 1. The molecule has 2 aromatic heterocycles. The second kappa shape index (κ2) is 7.75. The summed E-state index contributed by atoms with van der Waals surface area (Å²) in [5, 5.41) is 10.2. The summed E-state index contributed by atoms with van der Waals surface area (Å²) in [7, 11) is 0. The number of nitrogens with two attached hydrogens (primary N) is 1. The lowest BCUT2D eigenvalue weighted by atomic mass is 10.1. The number of amidine groups is 1. The molecule has 3 rings (SSSR count). The molecule has 0 aliphatic rings. The fourth-order valence-corrected chi connectivity index (χ4v) is 2.74. The van der Waals surface area contributed by atoms with Gasteiger partial charge in [0, 0.05) is 23.5 Å². The van der Waals surface area contributed by atoms with Crippen LogP contribution < -0.4 is 11.1 Å². The zero-order chi connectivity index (χ0) is 21.2. The maximum atomic E-state index is 12.1. The first-order chi connectivity index (χ1) is 13.6. The van der Waals surface area contributed by atoms with Crippen LogP contribution in [0.3, 0.4) is 0 Å². The van der Waals surface area contributed by atoms with E-state index in [0.717, 1.165) is 11.3 Å². The lowest BCUT2D eigenvalue weighted by Gasteiger charge is -2.19. The largest absolute Gasteiger partial charge is 0.460 e. The van der Waals surface area contributed by atoms with E-state index in [1.807, 2.05) is 18.3 Å². The van der Waals surface area contributed by atoms with Crippen LogP contribution >= 0.6 is 0 Å². The predicted octanol–water partition coefficient (Wildman–Crippen LogP) is 2.96. The molecule has 0 radical (unpaired) electrons. The number of anilines is 1. The molecule has 29 heavy (non-hydrogen) atoms. The minimum atomic E-state index is -0.633. The maximum absolute atomic E-state index is 12.1. The number of ether oxygens (including phenoxy) is 1. The molecule has 0 saturated heterocycles. The van der Waals surface area contributed by atoms with Gasteiger partial charge in [0.25, 0.3) is 0 Å². The first-order valence-corrected chi connectivity index (χ1v) is 9.06. The number of hydrogen-bond acceptors (Lipinski definition) is 5. The highest BCUT2D eigenvalue weighted by Crippen LogP contribution is 2.21. The van der Waals surface area contributed by atoms with Crippen molar-refractivity contribution in [1.29, 1.82) is 5.41 Å². The zero-order valence-corrected chi connectivity index (χ0v) is 16.5. The van der Waals surface area contributed by atoms with Crippen LogP contribution in [0.15, 0.2) is 48.8 Å². The Bertz CT molecular complexity index is 1080. The monoisotopic (exact) mass is 393 g/mol. The van der Waals surface area contributed by atoms with Gasteiger partial charge < -0.3 is 20.2 Å². The van der Waals surface area contributed by atoms with Crippen molar-refractivity contribution in [2.24, 2.45) is 5.73 Å². The highest BCUT2D eigenvalue weighted by atomic mass is 16.6. The van der Waals surface area contributed by atoms with Crippen molar-refractivity contribution >= 4 is 29.0 Å². The summed E-state index contributed by atoms with van der Waals surface area (Å²) in [6, 6.07) is 10.7. The number of nitrogen functional groups attached to an aromatic ring is 1. The van der Waals surface area contributed by atoms with Gasteiger partial charge in [0.15, 0.2) is 0 Å². The van der Waals surface area contributed by atoms with E-state index in [9.17, 15) is 9.59 Å². The van der Waals surface area contributed by atoms with Crippen molar-refractivity contribution in [2.75, 3.05) is 5.32 Å². The number of rotatable bonds is 5.